The number of thioether (sulfide) groups is 2. The molecule has 0 amide bonds. The lowest BCUT2D eigenvalue weighted by Gasteiger charge is -2.20. The molecule has 1 rings (SSSR count). The highest BCUT2D eigenvalue weighted by Gasteiger charge is 2.18. The van der Waals surface area contributed by atoms with Crippen molar-refractivity contribution in [3.8, 4) is 0 Å². The smallest absolute Gasteiger partial charge is 0.333 e. The standard InChI is InChI=1S/C9H14O2S2/c1-7(9(10)11-2)6-8-12-4-3-5-13-8/h8H,1,3-6H2,2H3. The average Bonchev–Trinajstić information content (AvgIpc) is 2.18. The van der Waals surface area contributed by atoms with Crippen molar-refractivity contribution in [2.24, 2.45) is 0 Å². The van der Waals surface area contributed by atoms with E-state index in [1.807, 2.05) is 23.5 Å². The summed E-state index contributed by atoms with van der Waals surface area (Å²) in [7, 11) is 1.40. The Hall–Kier alpha value is -0.0900. The fourth-order valence-corrected chi connectivity index (χ4v) is 4.01. The van der Waals surface area contributed by atoms with Crippen LogP contribution in [0.25, 0.3) is 0 Å². The summed E-state index contributed by atoms with van der Waals surface area (Å²) in [6, 6.07) is 0. The first-order valence-corrected chi connectivity index (χ1v) is 6.33. The van der Waals surface area contributed by atoms with Crippen LogP contribution in [0.2, 0.25) is 0 Å². The molecule has 0 aromatic carbocycles. The predicted octanol–water partition coefficient (Wildman–Crippen LogP) is 2.30. The fraction of sp³-hybridized carbons (Fsp3) is 0.667. The summed E-state index contributed by atoms with van der Waals surface area (Å²) < 4.78 is 5.10. The molecular formula is C9H14O2S2. The van der Waals surface area contributed by atoms with Crippen LogP contribution in [0.5, 0.6) is 0 Å². The van der Waals surface area contributed by atoms with Gasteiger partial charge in [-0.2, -0.15) is 0 Å². The zero-order valence-corrected chi connectivity index (χ0v) is 9.38. The molecule has 13 heavy (non-hydrogen) atoms. The van der Waals surface area contributed by atoms with Crippen molar-refractivity contribution in [3.63, 3.8) is 0 Å². The van der Waals surface area contributed by atoms with Gasteiger partial charge >= 0.3 is 5.97 Å². The van der Waals surface area contributed by atoms with Gasteiger partial charge < -0.3 is 4.74 Å². The van der Waals surface area contributed by atoms with Gasteiger partial charge in [-0.05, 0) is 24.3 Å². The largest absolute Gasteiger partial charge is 0.466 e. The molecule has 0 aromatic rings. The minimum atomic E-state index is -0.272. The van der Waals surface area contributed by atoms with E-state index in [0.29, 0.717) is 10.2 Å². The number of carbonyl (C=O) groups excluding carboxylic acids is 1. The van der Waals surface area contributed by atoms with E-state index in [1.54, 1.807) is 0 Å². The van der Waals surface area contributed by atoms with Crippen LogP contribution in [0, 0.1) is 0 Å². The third-order valence-electron chi connectivity index (χ3n) is 1.78. The topological polar surface area (TPSA) is 26.3 Å². The molecule has 1 fully saturated rings. The van der Waals surface area contributed by atoms with Gasteiger partial charge in [0, 0.05) is 5.57 Å². The number of carbonyl (C=O) groups is 1. The zero-order chi connectivity index (χ0) is 9.68. The molecule has 1 aliphatic rings. The minimum Gasteiger partial charge on any atom is -0.466 e. The zero-order valence-electron chi connectivity index (χ0n) is 7.75. The van der Waals surface area contributed by atoms with Gasteiger partial charge in [0.05, 0.1) is 11.7 Å². The van der Waals surface area contributed by atoms with Crippen molar-refractivity contribution < 1.29 is 9.53 Å². The first kappa shape index (κ1) is 11.0. The second kappa shape index (κ2) is 5.60. The molecule has 1 aliphatic heterocycles. The maximum atomic E-state index is 11.0. The lowest BCUT2D eigenvalue weighted by atomic mass is 10.2. The van der Waals surface area contributed by atoms with Crippen LogP contribution in [0.4, 0.5) is 0 Å². The molecule has 0 aliphatic carbocycles. The van der Waals surface area contributed by atoms with Gasteiger partial charge in [0.1, 0.15) is 0 Å². The number of rotatable bonds is 3. The number of esters is 1. The van der Waals surface area contributed by atoms with E-state index in [4.69, 9.17) is 0 Å². The van der Waals surface area contributed by atoms with Crippen LogP contribution < -0.4 is 0 Å². The van der Waals surface area contributed by atoms with Crippen molar-refractivity contribution >= 4 is 29.5 Å². The molecule has 1 saturated heterocycles. The Balaban J connectivity index is 2.30. The maximum Gasteiger partial charge on any atom is 0.333 e. The number of ether oxygens (including phenoxy) is 1. The van der Waals surface area contributed by atoms with Crippen molar-refractivity contribution in [3.05, 3.63) is 12.2 Å². The number of hydrogen-bond donors (Lipinski definition) is 0. The summed E-state index contributed by atoms with van der Waals surface area (Å²) in [6.07, 6.45) is 2.03. The molecular weight excluding hydrogens is 204 g/mol. The number of methoxy groups -OCH3 is 1. The molecule has 4 heteroatoms. The first-order valence-electron chi connectivity index (χ1n) is 4.23. The molecule has 0 spiro atoms. The second-order valence-electron chi connectivity index (χ2n) is 2.82. The Labute approximate surface area is 87.5 Å². The van der Waals surface area contributed by atoms with Crippen LogP contribution in [-0.4, -0.2) is 29.2 Å². The predicted molar refractivity (Wildman–Crippen MR) is 59.1 cm³/mol. The average molecular weight is 218 g/mol. The fourth-order valence-electron chi connectivity index (χ4n) is 1.08. The quantitative estimate of drug-likeness (QED) is 0.536. The molecule has 0 bridgehead atoms. The number of hydrogen-bond acceptors (Lipinski definition) is 4. The molecule has 2 nitrogen and oxygen atoms in total. The van der Waals surface area contributed by atoms with Crippen LogP contribution in [-0.2, 0) is 9.53 Å². The van der Waals surface area contributed by atoms with Gasteiger partial charge in [0.2, 0.25) is 0 Å². The minimum absolute atomic E-state index is 0.272. The molecule has 0 N–H and O–H groups in total. The summed E-state index contributed by atoms with van der Waals surface area (Å²) in [4.78, 5) is 11.0. The molecule has 1 heterocycles. The highest BCUT2D eigenvalue weighted by Crippen LogP contribution is 2.34. The van der Waals surface area contributed by atoms with Crippen LogP contribution >= 0.6 is 23.5 Å². The van der Waals surface area contributed by atoms with Crippen molar-refractivity contribution in [1.29, 1.82) is 0 Å². The van der Waals surface area contributed by atoms with Crippen LogP contribution in [0.1, 0.15) is 12.8 Å². The van der Waals surface area contributed by atoms with E-state index in [1.165, 1.54) is 25.0 Å². The Morgan fingerprint density at radius 1 is 1.54 bits per heavy atom. The van der Waals surface area contributed by atoms with E-state index < -0.39 is 0 Å². The molecule has 74 valence electrons. The molecule has 0 radical (unpaired) electrons. The molecule has 0 atom stereocenters. The van der Waals surface area contributed by atoms with E-state index >= 15 is 0 Å². The van der Waals surface area contributed by atoms with Crippen LogP contribution in [0.15, 0.2) is 12.2 Å². The first-order chi connectivity index (χ1) is 6.24. The summed E-state index contributed by atoms with van der Waals surface area (Å²) in [5.74, 6) is 2.13. The van der Waals surface area contributed by atoms with Gasteiger partial charge in [-0.15, -0.1) is 23.5 Å². The Morgan fingerprint density at radius 2 is 2.15 bits per heavy atom. The van der Waals surface area contributed by atoms with Gasteiger partial charge in [0.25, 0.3) is 0 Å². The second-order valence-corrected chi connectivity index (χ2v) is 5.74. The van der Waals surface area contributed by atoms with Crippen molar-refractivity contribution in [2.75, 3.05) is 18.6 Å². The van der Waals surface area contributed by atoms with E-state index in [9.17, 15) is 4.79 Å². The molecule has 0 aromatic heterocycles. The van der Waals surface area contributed by atoms with Gasteiger partial charge in [-0.25, -0.2) is 4.79 Å². The third kappa shape index (κ3) is 3.65. The van der Waals surface area contributed by atoms with E-state index in [0.717, 1.165) is 6.42 Å². The third-order valence-corrected chi connectivity index (χ3v) is 4.73. The SMILES string of the molecule is C=C(CC1SCCCS1)C(=O)OC. The van der Waals surface area contributed by atoms with Gasteiger partial charge in [-0.3, -0.25) is 0 Å². The summed E-state index contributed by atoms with van der Waals surface area (Å²) >= 11 is 3.83. The highest BCUT2D eigenvalue weighted by atomic mass is 32.2. The highest BCUT2D eigenvalue weighted by molar-refractivity contribution is 8.17. The van der Waals surface area contributed by atoms with E-state index in [-0.39, 0.29) is 5.97 Å². The van der Waals surface area contributed by atoms with E-state index in [2.05, 4.69) is 11.3 Å². The molecule has 0 saturated carbocycles. The monoisotopic (exact) mass is 218 g/mol. The lowest BCUT2D eigenvalue weighted by molar-refractivity contribution is -0.136. The summed E-state index contributed by atoms with van der Waals surface area (Å²) in [5, 5.41) is 0. The summed E-state index contributed by atoms with van der Waals surface area (Å²) in [6.45, 7) is 3.72. The molecule has 0 unspecified atom stereocenters. The normalized spacial score (nSPS) is 18.2. The maximum absolute atomic E-state index is 11.0. The van der Waals surface area contributed by atoms with Gasteiger partial charge in [-0.1, -0.05) is 6.58 Å². The Kier molecular flexibility index (Phi) is 4.73. The van der Waals surface area contributed by atoms with Crippen molar-refractivity contribution in [2.45, 2.75) is 17.4 Å². The van der Waals surface area contributed by atoms with Gasteiger partial charge in [0.15, 0.2) is 0 Å². The summed E-state index contributed by atoms with van der Waals surface area (Å²) in [5.41, 5.74) is 0.592. The van der Waals surface area contributed by atoms with Crippen LogP contribution in [0.3, 0.4) is 0 Å². The Bertz CT molecular complexity index is 198. The lowest BCUT2D eigenvalue weighted by Crippen LogP contribution is -2.12. The van der Waals surface area contributed by atoms with Crippen molar-refractivity contribution in [1.82, 2.24) is 0 Å². The Morgan fingerprint density at radius 3 is 2.69 bits per heavy atom.